The summed E-state index contributed by atoms with van der Waals surface area (Å²) in [5.41, 5.74) is 2.17. The van der Waals surface area contributed by atoms with Gasteiger partial charge < -0.3 is 10.5 Å². The summed E-state index contributed by atoms with van der Waals surface area (Å²) >= 11 is 0. The quantitative estimate of drug-likeness (QED) is 0.806. The molecule has 2 N–H and O–H groups in total. The SMILES string of the molecule is N=C(Cc1ccccc1C(=O)O)c1ccccc1. The molecular weight excluding hydrogens is 226 g/mol. The molecule has 18 heavy (non-hydrogen) atoms. The normalized spacial score (nSPS) is 10.0. The topological polar surface area (TPSA) is 61.2 Å². The molecule has 0 radical (unpaired) electrons. The van der Waals surface area contributed by atoms with E-state index in [-0.39, 0.29) is 5.56 Å². The third-order valence-electron chi connectivity index (χ3n) is 2.74. The molecule has 2 aromatic rings. The van der Waals surface area contributed by atoms with Crippen molar-refractivity contribution < 1.29 is 9.90 Å². The lowest BCUT2D eigenvalue weighted by molar-refractivity contribution is 0.0696. The zero-order chi connectivity index (χ0) is 13.0. The first-order chi connectivity index (χ1) is 8.68. The Balaban J connectivity index is 2.25. The molecule has 0 saturated carbocycles. The Labute approximate surface area is 105 Å². The van der Waals surface area contributed by atoms with Crippen LogP contribution in [0.3, 0.4) is 0 Å². The number of benzene rings is 2. The standard InChI is InChI=1S/C15H13NO2/c16-14(11-6-2-1-3-7-11)10-12-8-4-5-9-13(12)15(17)18/h1-9,16H,10H2,(H,17,18). The Kier molecular flexibility index (Phi) is 3.53. The van der Waals surface area contributed by atoms with Crippen molar-refractivity contribution in [2.75, 3.05) is 0 Å². The summed E-state index contributed by atoms with van der Waals surface area (Å²) in [6, 6.07) is 16.1. The second-order valence-corrected chi connectivity index (χ2v) is 3.98. The first-order valence-electron chi connectivity index (χ1n) is 5.62. The highest BCUT2D eigenvalue weighted by atomic mass is 16.4. The number of carbonyl (C=O) groups is 1. The zero-order valence-corrected chi connectivity index (χ0v) is 9.76. The Morgan fingerprint density at radius 1 is 1.00 bits per heavy atom. The summed E-state index contributed by atoms with van der Waals surface area (Å²) in [6.07, 6.45) is 0.326. The third kappa shape index (κ3) is 2.63. The van der Waals surface area contributed by atoms with Crippen LogP contribution in [-0.4, -0.2) is 16.8 Å². The van der Waals surface area contributed by atoms with Gasteiger partial charge in [0.25, 0.3) is 0 Å². The van der Waals surface area contributed by atoms with Gasteiger partial charge in [0, 0.05) is 12.1 Å². The number of hydrogen-bond donors (Lipinski definition) is 2. The van der Waals surface area contributed by atoms with Crippen molar-refractivity contribution in [3.63, 3.8) is 0 Å². The number of nitrogens with one attached hydrogen (secondary N) is 1. The zero-order valence-electron chi connectivity index (χ0n) is 9.76. The molecule has 0 aliphatic rings. The molecule has 0 aromatic heterocycles. The molecule has 0 aliphatic heterocycles. The Morgan fingerprint density at radius 3 is 2.28 bits per heavy atom. The molecule has 2 rings (SSSR count). The van der Waals surface area contributed by atoms with Crippen molar-refractivity contribution in [2.24, 2.45) is 0 Å². The van der Waals surface area contributed by atoms with Crippen LogP contribution in [0.1, 0.15) is 21.5 Å². The van der Waals surface area contributed by atoms with Gasteiger partial charge >= 0.3 is 5.97 Å². The Bertz CT molecular complexity index is 576. The van der Waals surface area contributed by atoms with Gasteiger partial charge in [0.15, 0.2) is 0 Å². The lowest BCUT2D eigenvalue weighted by atomic mass is 9.98. The van der Waals surface area contributed by atoms with Crippen LogP contribution in [0.25, 0.3) is 0 Å². The molecule has 0 amide bonds. The average Bonchev–Trinajstić information content (AvgIpc) is 2.40. The van der Waals surface area contributed by atoms with Gasteiger partial charge in [0.2, 0.25) is 0 Å². The summed E-state index contributed by atoms with van der Waals surface area (Å²) in [6.45, 7) is 0. The van der Waals surface area contributed by atoms with E-state index >= 15 is 0 Å². The number of hydrogen-bond acceptors (Lipinski definition) is 2. The lowest BCUT2D eigenvalue weighted by Gasteiger charge is -2.07. The van der Waals surface area contributed by atoms with E-state index in [2.05, 4.69) is 0 Å². The maximum Gasteiger partial charge on any atom is 0.335 e. The molecule has 0 aliphatic carbocycles. The summed E-state index contributed by atoms with van der Waals surface area (Å²) in [7, 11) is 0. The van der Waals surface area contributed by atoms with E-state index < -0.39 is 5.97 Å². The van der Waals surface area contributed by atoms with Crippen LogP contribution in [0.15, 0.2) is 54.6 Å². The van der Waals surface area contributed by atoms with Gasteiger partial charge in [0.05, 0.1) is 5.56 Å². The van der Waals surface area contributed by atoms with Crippen LogP contribution < -0.4 is 0 Å². The van der Waals surface area contributed by atoms with Crippen molar-refractivity contribution in [2.45, 2.75) is 6.42 Å². The summed E-state index contributed by atoms with van der Waals surface area (Å²) in [5, 5.41) is 17.1. The second kappa shape index (κ2) is 5.27. The van der Waals surface area contributed by atoms with Crippen molar-refractivity contribution in [3.05, 3.63) is 71.3 Å². The predicted octanol–water partition coefficient (Wildman–Crippen LogP) is 3.00. The molecule has 0 fully saturated rings. The lowest BCUT2D eigenvalue weighted by Crippen LogP contribution is -2.08. The van der Waals surface area contributed by atoms with Crippen molar-refractivity contribution in [1.82, 2.24) is 0 Å². The molecule has 0 saturated heterocycles. The molecule has 90 valence electrons. The highest BCUT2D eigenvalue weighted by Crippen LogP contribution is 2.12. The smallest absolute Gasteiger partial charge is 0.335 e. The summed E-state index contributed by atoms with van der Waals surface area (Å²) in [4.78, 5) is 11.1. The van der Waals surface area contributed by atoms with Gasteiger partial charge in [-0.15, -0.1) is 0 Å². The highest BCUT2D eigenvalue weighted by Gasteiger charge is 2.11. The average molecular weight is 239 g/mol. The maximum atomic E-state index is 11.1. The molecule has 0 unspecified atom stereocenters. The fraction of sp³-hybridized carbons (Fsp3) is 0.0667. The molecule has 0 spiro atoms. The van der Waals surface area contributed by atoms with Gasteiger partial charge in [-0.05, 0) is 17.2 Å². The van der Waals surface area contributed by atoms with Crippen LogP contribution >= 0.6 is 0 Å². The van der Waals surface area contributed by atoms with E-state index in [1.807, 2.05) is 30.3 Å². The molecule has 0 atom stereocenters. The van der Waals surface area contributed by atoms with Gasteiger partial charge in [0.1, 0.15) is 0 Å². The first-order valence-corrected chi connectivity index (χ1v) is 5.62. The van der Waals surface area contributed by atoms with E-state index in [1.165, 1.54) is 0 Å². The number of carboxylic acid groups (broad SMARTS) is 1. The minimum absolute atomic E-state index is 0.262. The molecule has 2 aromatic carbocycles. The Morgan fingerprint density at radius 2 is 1.61 bits per heavy atom. The maximum absolute atomic E-state index is 11.1. The van der Waals surface area contributed by atoms with Gasteiger partial charge in [-0.2, -0.15) is 0 Å². The van der Waals surface area contributed by atoms with E-state index in [9.17, 15) is 4.79 Å². The van der Waals surface area contributed by atoms with E-state index in [0.717, 1.165) is 5.56 Å². The monoisotopic (exact) mass is 239 g/mol. The van der Waals surface area contributed by atoms with Crippen LogP contribution in [0.5, 0.6) is 0 Å². The van der Waals surface area contributed by atoms with E-state index in [0.29, 0.717) is 17.7 Å². The van der Waals surface area contributed by atoms with Crippen molar-refractivity contribution >= 4 is 11.7 Å². The summed E-state index contributed by atoms with van der Waals surface area (Å²) in [5.74, 6) is -0.952. The van der Waals surface area contributed by atoms with Gasteiger partial charge in [-0.1, -0.05) is 48.5 Å². The fourth-order valence-corrected chi connectivity index (χ4v) is 1.81. The van der Waals surface area contributed by atoms with Gasteiger partial charge in [-0.25, -0.2) is 4.79 Å². The molecule has 0 bridgehead atoms. The largest absolute Gasteiger partial charge is 0.478 e. The molecular formula is C15H13NO2. The highest BCUT2D eigenvalue weighted by molar-refractivity contribution is 6.01. The second-order valence-electron chi connectivity index (χ2n) is 3.98. The number of aromatic carboxylic acids is 1. The first kappa shape index (κ1) is 12.0. The minimum Gasteiger partial charge on any atom is -0.478 e. The van der Waals surface area contributed by atoms with Crippen molar-refractivity contribution in [1.29, 1.82) is 5.41 Å². The summed E-state index contributed by atoms with van der Waals surface area (Å²) < 4.78 is 0. The fourth-order valence-electron chi connectivity index (χ4n) is 1.81. The molecule has 3 nitrogen and oxygen atoms in total. The van der Waals surface area contributed by atoms with Crippen LogP contribution in [0.4, 0.5) is 0 Å². The van der Waals surface area contributed by atoms with Crippen LogP contribution in [0.2, 0.25) is 0 Å². The predicted molar refractivity (Wildman–Crippen MR) is 70.4 cm³/mol. The Hall–Kier alpha value is -2.42. The third-order valence-corrected chi connectivity index (χ3v) is 2.74. The minimum atomic E-state index is -0.952. The van der Waals surface area contributed by atoms with E-state index in [1.54, 1.807) is 24.3 Å². The van der Waals surface area contributed by atoms with Gasteiger partial charge in [-0.3, -0.25) is 0 Å². The molecule has 3 heteroatoms. The van der Waals surface area contributed by atoms with Crippen LogP contribution in [0, 0.1) is 5.41 Å². The number of rotatable bonds is 4. The van der Waals surface area contributed by atoms with Crippen LogP contribution in [-0.2, 0) is 6.42 Å². The van der Waals surface area contributed by atoms with E-state index in [4.69, 9.17) is 10.5 Å². The van der Waals surface area contributed by atoms with Crippen molar-refractivity contribution in [3.8, 4) is 0 Å². The number of carboxylic acids is 1. The molecule has 0 heterocycles.